The standard InChI is InChI=1S/C19H22N2O3/c1-5-24-19(23)20-16-8-6-15(7-9-16)18(22)21-17-13(3)10-12(2)11-14(17)4/h6-11H,5H2,1-4H3,(H,20,23)(H,21,22). The van der Waals surface area contributed by atoms with Gasteiger partial charge in [0.2, 0.25) is 0 Å². The zero-order chi connectivity index (χ0) is 17.7. The third-order valence-corrected chi connectivity index (χ3v) is 3.58. The first kappa shape index (κ1) is 17.5. The maximum atomic E-state index is 12.4. The summed E-state index contributed by atoms with van der Waals surface area (Å²) in [4.78, 5) is 23.8. The lowest BCUT2D eigenvalue weighted by Crippen LogP contribution is -2.15. The van der Waals surface area contributed by atoms with Crippen LogP contribution in [0, 0.1) is 20.8 Å². The van der Waals surface area contributed by atoms with Crippen molar-refractivity contribution in [2.75, 3.05) is 17.2 Å². The van der Waals surface area contributed by atoms with Crippen molar-refractivity contribution in [3.63, 3.8) is 0 Å². The molecule has 2 aromatic rings. The fourth-order valence-electron chi connectivity index (χ4n) is 2.55. The van der Waals surface area contributed by atoms with Gasteiger partial charge in [-0.15, -0.1) is 0 Å². The highest BCUT2D eigenvalue weighted by atomic mass is 16.5. The van der Waals surface area contributed by atoms with E-state index in [0.717, 1.165) is 22.4 Å². The zero-order valence-electron chi connectivity index (χ0n) is 14.4. The smallest absolute Gasteiger partial charge is 0.411 e. The van der Waals surface area contributed by atoms with Crippen LogP contribution in [0.4, 0.5) is 16.2 Å². The van der Waals surface area contributed by atoms with Crippen molar-refractivity contribution in [3.05, 3.63) is 58.7 Å². The fraction of sp³-hybridized carbons (Fsp3) is 0.263. The van der Waals surface area contributed by atoms with E-state index in [0.29, 0.717) is 17.9 Å². The van der Waals surface area contributed by atoms with E-state index < -0.39 is 6.09 Å². The molecule has 24 heavy (non-hydrogen) atoms. The number of amides is 2. The van der Waals surface area contributed by atoms with Gasteiger partial charge in [0.05, 0.1) is 6.61 Å². The molecule has 2 N–H and O–H groups in total. The Balaban J connectivity index is 2.09. The predicted molar refractivity (Wildman–Crippen MR) is 95.7 cm³/mol. The van der Waals surface area contributed by atoms with Crippen LogP contribution in [0.25, 0.3) is 0 Å². The first-order chi connectivity index (χ1) is 11.4. The number of ether oxygens (including phenoxy) is 1. The molecule has 0 aliphatic heterocycles. The molecule has 2 amide bonds. The van der Waals surface area contributed by atoms with Crippen LogP contribution in [-0.2, 0) is 4.74 Å². The number of anilines is 2. The average Bonchev–Trinajstić information content (AvgIpc) is 2.51. The van der Waals surface area contributed by atoms with Crippen LogP contribution in [0.1, 0.15) is 34.0 Å². The van der Waals surface area contributed by atoms with Gasteiger partial charge in [0, 0.05) is 16.9 Å². The van der Waals surface area contributed by atoms with E-state index in [1.54, 1.807) is 31.2 Å². The summed E-state index contributed by atoms with van der Waals surface area (Å²) in [5.41, 5.74) is 5.15. The highest BCUT2D eigenvalue weighted by molar-refractivity contribution is 6.05. The Morgan fingerprint density at radius 3 is 2.08 bits per heavy atom. The molecule has 0 bridgehead atoms. The summed E-state index contributed by atoms with van der Waals surface area (Å²) in [5, 5.41) is 5.54. The number of hydrogen-bond acceptors (Lipinski definition) is 3. The van der Waals surface area contributed by atoms with Gasteiger partial charge in [-0.2, -0.15) is 0 Å². The van der Waals surface area contributed by atoms with Gasteiger partial charge in [0.1, 0.15) is 0 Å². The van der Waals surface area contributed by atoms with E-state index in [1.165, 1.54) is 0 Å². The molecular weight excluding hydrogens is 304 g/mol. The molecule has 0 unspecified atom stereocenters. The molecule has 0 saturated carbocycles. The van der Waals surface area contributed by atoms with Crippen LogP contribution in [-0.4, -0.2) is 18.6 Å². The van der Waals surface area contributed by atoms with Crippen molar-refractivity contribution < 1.29 is 14.3 Å². The SMILES string of the molecule is CCOC(=O)Nc1ccc(C(=O)Nc2c(C)cc(C)cc2C)cc1. The van der Waals surface area contributed by atoms with Gasteiger partial charge in [-0.25, -0.2) is 4.79 Å². The second-order valence-corrected chi connectivity index (χ2v) is 5.65. The molecule has 126 valence electrons. The lowest BCUT2D eigenvalue weighted by Gasteiger charge is -2.13. The van der Waals surface area contributed by atoms with Gasteiger partial charge in [-0.3, -0.25) is 10.1 Å². The summed E-state index contributed by atoms with van der Waals surface area (Å²) in [6.45, 7) is 8.02. The summed E-state index contributed by atoms with van der Waals surface area (Å²) in [6.07, 6.45) is -0.513. The van der Waals surface area contributed by atoms with Crippen LogP contribution < -0.4 is 10.6 Å². The molecule has 0 spiro atoms. The van der Waals surface area contributed by atoms with Crippen molar-refractivity contribution >= 4 is 23.4 Å². The summed E-state index contributed by atoms with van der Waals surface area (Å²) in [6, 6.07) is 10.7. The van der Waals surface area contributed by atoms with E-state index in [-0.39, 0.29) is 5.91 Å². The number of aryl methyl sites for hydroxylation is 3. The minimum atomic E-state index is -0.513. The molecule has 0 saturated heterocycles. The number of nitrogens with one attached hydrogen (secondary N) is 2. The van der Waals surface area contributed by atoms with Gasteiger partial charge in [0.25, 0.3) is 5.91 Å². The Hall–Kier alpha value is -2.82. The third-order valence-electron chi connectivity index (χ3n) is 3.58. The van der Waals surface area contributed by atoms with Crippen molar-refractivity contribution in [2.45, 2.75) is 27.7 Å². The van der Waals surface area contributed by atoms with Crippen molar-refractivity contribution in [3.8, 4) is 0 Å². The van der Waals surface area contributed by atoms with Gasteiger partial charge < -0.3 is 10.1 Å². The molecule has 0 heterocycles. The maximum absolute atomic E-state index is 12.4. The average molecular weight is 326 g/mol. The molecule has 0 aromatic heterocycles. The van der Waals surface area contributed by atoms with E-state index in [9.17, 15) is 9.59 Å². The molecule has 2 aromatic carbocycles. The normalized spacial score (nSPS) is 10.2. The first-order valence-corrected chi connectivity index (χ1v) is 7.83. The minimum Gasteiger partial charge on any atom is -0.450 e. The van der Waals surface area contributed by atoms with Crippen LogP contribution in [0.2, 0.25) is 0 Å². The number of carbonyl (C=O) groups is 2. The maximum Gasteiger partial charge on any atom is 0.411 e. The zero-order valence-corrected chi connectivity index (χ0v) is 14.4. The summed E-state index contributed by atoms with van der Waals surface area (Å²) in [5.74, 6) is -0.187. The van der Waals surface area contributed by atoms with Crippen LogP contribution in [0.3, 0.4) is 0 Å². The first-order valence-electron chi connectivity index (χ1n) is 7.83. The van der Waals surface area contributed by atoms with Gasteiger partial charge in [-0.05, 0) is 63.1 Å². The molecule has 2 rings (SSSR count). The van der Waals surface area contributed by atoms with Crippen molar-refractivity contribution in [1.82, 2.24) is 0 Å². The second kappa shape index (κ2) is 7.64. The minimum absolute atomic E-state index is 0.187. The fourth-order valence-corrected chi connectivity index (χ4v) is 2.55. The Kier molecular flexibility index (Phi) is 5.58. The van der Waals surface area contributed by atoms with Crippen molar-refractivity contribution in [1.29, 1.82) is 0 Å². The van der Waals surface area contributed by atoms with E-state index in [4.69, 9.17) is 4.74 Å². The van der Waals surface area contributed by atoms with Crippen LogP contribution in [0.15, 0.2) is 36.4 Å². The van der Waals surface area contributed by atoms with Crippen LogP contribution in [0.5, 0.6) is 0 Å². The van der Waals surface area contributed by atoms with Gasteiger partial charge in [0.15, 0.2) is 0 Å². The Morgan fingerprint density at radius 1 is 0.958 bits per heavy atom. The van der Waals surface area contributed by atoms with Crippen molar-refractivity contribution in [2.24, 2.45) is 0 Å². The van der Waals surface area contributed by atoms with Gasteiger partial charge >= 0.3 is 6.09 Å². The Bertz CT molecular complexity index is 729. The lowest BCUT2D eigenvalue weighted by molar-refractivity contribution is 0.102. The Morgan fingerprint density at radius 2 is 1.54 bits per heavy atom. The summed E-state index contributed by atoms with van der Waals surface area (Å²) >= 11 is 0. The number of benzene rings is 2. The summed E-state index contributed by atoms with van der Waals surface area (Å²) in [7, 11) is 0. The van der Waals surface area contributed by atoms with E-state index in [2.05, 4.69) is 10.6 Å². The molecule has 5 heteroatoms. The molecule has 0 atom stereocenters. The molecule has 0 fully saturated rings. The van der Waals surface area contributed by atoms with Crippen LogP contribution >= 0.6 is 0 Å². The molecule has 0 aliphatic carbocycles. The topological polar surface area (TPSA) is 67.4 Å². The lowest BCUT2D eigenvalue weighted by atomic mass is 10.0. The Labute approximate surface area is 142 Å². The van der Waals surface area contributed by atoms with E-state index >= 15 is 0 Å². The second-order valence-electron chi connectivity index (χ2n) is 5.65. The molecule has 0 radical (unpaired) electrons. The molecule has 0 aliphatic rings. The highest BCUT2D eigenvalue weighted by Gasteiger charge is 2.11. The predicted octanol–water partition coefficient (Wildman–Crippen LogP) is 4.43. The monoisotopic (exact) mass is 326 g/mol. The molecule has 5 nitrogen and oxygen atoms in total. The highest BCUT2D eigenvalue weighted by Crippen LogP contribution is 2.23. The number of hydrogen-bond donors (Lipinski definition) is 2. The quantitative estimate of drug-likeness (QED) is 0.873. The molecular formula is C19H22N2O3. The number of carbonyl (C=O) groups excluding carboxylic acids is 2. The summed E-state index contributed by atoms with van der Waals surface area (Å²) < 4.78 is 4.81. The third kappa shape index (κ3) is 4.35. The van der Waals surface area contributed by atoms with Gasteiger partial charge in [-0.1, -0.05) is 17.7 Å². The largest absolute Gasteiger partial charge is 0.450 e. The number of rotatable bonds is 4. The van der Waals surface area contributed by atoms with E-state index in [1.807, 2.05) is 32.9 Å².